The van der Waals surface area contributed by atoms with Crippen LogP contribution >= 0.6 is 21.6 Å². The fourth-order valence-electron chi connectivity index (χ4n) is 2.64. The summed E-state index contributed by atoms with van der Waals surface area (Å²) in [5.74, 6) is 1.63. The molecule has 0 aliphatic heterocycles. The number of hydrogen-bond acceptors (Lipinski definition) is 3. The van der Waals surface area contributed by atoms with Crippen LogP contribution in [0.5, 0.6) is 0 Å². The lowest BCUT2D eigenvalue weighted by Gasteiger charge is -2.08. The number of hydrogen-bond donors (Lipinski definition) is 0. The van der Waals surface area contributed by atoms with Crippen LogP contribution in [0.15, 0.2) is 83.8 Å². The first-order valence-electron chi connectivity index (χ1n) is 8.83. The van der Waals surface area contributed by atoms with Gasteiger partial charge in [-0.2, -0.15) is 13.2 Å². The molecule has 152 valence electrons. The molecule has 3 rings (SSSR count). The highest BCUT2D eigenvalue weighted by Gasteiger charge is 2.29. The first-order valence-corrected chi connectivity index (χ1v) is 12.6. The molecule has 0 saturated carbocycles. The molecule has 3 aromatic carbocycles. The molecule has 0 N–H and O–H groups in total. The van der Waals surface area contributed by atoms with Gasteiger partial charge in [0.2, 0.25) is 0 Å². The Bertz CT molecular complexity index is 942. The van der Waals surface area contributed by atoms with Crippen LogP contribution < -0.4 is 0 Å². The lowest BCUT2D eigenvalue weighted by Crippen LogP contribution is -2.04. The SMILES string of the molecule is O=S(Cc1ccccc1)Cc1cccc(SSCc2ccc(C(F)(F)F)cc2)c1. The minimum Gasteiger partial charge on any atom is -0.259 e. The van der Waals surface area contributed by atoms with Crippen LogP contribution in [-0.4, -0.2) is 4.21 Å². The van der Waals surface area contributed by atoms with E-state index in [1.165, 1.54) is 12.1 Å². The Balaban J connectivity index is 1.50. The van der Waals surface area contributed by atoms with Gasteiger partial charge >= 0.3 is 6.18 Å². The summed E-state index contributed by atoms with van der Waals surface area (Å²) in [5, 5.41) is 0. The molecule has 1 nitrogen and oxygen atoms in total. The summed E-state index contributed by atoms with van der Waals surface area (Å²) in [6.45, 7) is 0. The van der Waals surface area contributed by atoms with E-state index in [1.54, 1.807) is 21.6 Å². The predicted octanol–water partition coefficient (Wildman–Crippen LogP) is 7.09. The first kappa shape index (κ1) is 22.0. The van der Waals surface area contributed by atoms with Crippen molar-refractivity contribution in [2.75, 3.05) is 0 Å². The highest BCUT2D eigenvalue weighted by Crippen LogP contribution is 2.35. The van der Waals surface area contributed by atoms with Crippen LogP contribution in [0.25, 0.3) is 0 Å². The molecule has 0 heterocycles. The molecule has 0 radical (unpaired) electrons. The predicted molar refractivity (Wildman–Crippen MR) is 117 cm³/mol. The molecule has 29 heavy (non-hydrogen) atoms. The van der Waals surface area contributed by atoms with Crippen LogP contribution in [0.3, 0.4) is 0 Å². The monoisotopic (exact) mass is 452 g/mol. The van der Waals surface area contributed by atoms with Crippen molar-refractivity contribution in [2.24, 2.45) is 0 Å². The van der Waals surface area contributed by atoms with Crippen molar-refractivity contribution in [1.29, 1.82) is 0 Å². The number of halogens is 3. The molecule has 0 saturated heterocycles. The summed E-state index contributed by atoms with van der Waals surface area (Å²) >= 11 is 0. The molecule has 0 amide bonds. The third-order valence-electron chi connectivity index (χ3n) is 4.06. The quantitative estimate of drug-likeness (QED) is 0.340. The van der Waals surface area contributed by atoms with Gasteiger partial charge in [0.15, 0.2) is 0 Å². The van der Waals surface area contributed by atoms with Gasteiger partial charge in [-0.3, -0.25) is 4.21 Å². The molecular formula is C22H19F3OS3. The second-order valence-corrected chi connectivity index (χ2v) is 10.2. The van der Waals surface area contributed by atoms with E-state index in [0.717, 1.165) is 33.7 Å². The normalized spacial score (nSPS) is 12.7. The lowest BCUT2D eigenvalue weighted by atomic mass is 10.1. The van der Waals surface area contributed by atoms with Gasteiger partial charge in [-0.05, 0) is 41.0 Å². The van der Waals surface area contributed by atoms with E-state index < -0.39 is 22.5 Å². The standard InChI is InChI=1S/C22H19F3OS3/c23-22(24,25)20-11-9-17(10-12-20)14-27-28-21-8-4-7-19(13-21)16-29(26)15-18-5-2-1-3-6-18/h1-13H,14-16H2. The minimum absolute atomic E-state index is 0.493. The summed E-state index contributed by atoms with van der Waals surface area (Å²) in [5.41, 5.74) is 2.29. The van der Waals surface area contributed by atoms with Crippen molar-refractivity contribution < 1.29 is 17.4 Å². The van der Waals surface area contributed by atoms with E-state index >= 15 is 0 Å². The summed E-state index contributed by atoms with van der Waals surface area (Å²) in [6, 6.07) is 22.9. The largest absolute Gasteiger partial charge is 0.416 e. The van der Waals surface area contributed by atoms with Gasteiger partial charge in [-0.1, -0.05) is 76.2 Å². The van der Waals surface area contributed by atoms with E-state index in [1.807, 2.05) is 54.6 Å². The molecule has 1 atom stereocenters. The molecule has 0 spiro atoms. The van der Waals surface area contributed by atoms with Gasteiger partial charge in [0.25, 0.3) is 0 Å². The molecule has 7 heteroatoms. The van der Waals surface area contributed by atoms with Crippen molar-refractivity contribution >= 4 is 32.4 Å². The molecular weight excluding hydrogens is 433 g/mol. The lowest BCUT2D eigenvalue weighted by molar-refractivity contribution is -0.137. The highest BCUT2D eigenvalue weighted by atomic mass is 33.1. The molecule has 0 aromatic heterocycles. The van der Waals surface area contributed by atoms with E-state index in [2.05, 4.69) is 0 Å². The average molecular weight is 453 g/mol. The highest BCUT2D eigenvalue weighted by molar-refractivity contribution is 8.76. The van der Waals surface area contributed by atoms with Crippen molar-refractivity contribution in [3.05, 3.63) is 101 Å². The zero-order valence-electron chi connectivity index (χ0n) is 15.4. The third kappa shape index (κ3) is 7.24. The van der Waals surface area contributed by atoms with E-state index in [0.29, 0.717) is 17.3 Å². The van der Waals surface area contributed by atoms with Gasteiger partial charge < -0.3 is 0 Å². The Morgan fingerprint density at radius 1 is 0.759 bits per heavy atom. The summed E-state index contributed by atoms with van der Waals surface area (Å²) in [6.07, 6.45) is -4.30. The van der Waals surface area contributed by atoms with Gasteiger partial charge in [0.05, 0.1) is 5.56 Å². The number of alkyl halides is 3. The summed E-state index contributed by atoms with van der Waals surface area (Å²) in [4.78, 5) is 1.04. The van der Waals surface area contributed by atoms with Crippen LogP contribution in [0.1, 0.15) is 22.3 Å². The van der Waals surface area contributed by atoms with Crippen LogP contribution in [-0.2, 0) is 34.2 Å². The molecule has 3 aromatic rings. The smallest absolute Gasteiger partial charge is 0.259 e. The topological polar surface area (TPSA) is 17.1 Å². The Hall–Kier alpha value is -1.70. The minimum atomic E-state index is -4.30. The van der Waals surface area contributed by atoms with E-state index in [9.17, 15) is 17.4 Å². The number of rotatable bonds is 8. The fraction of sp³-hybridized carbons (Fsp3) is 0.182. The second kappa shape index (κ2) is 10.4. The van der Waals surface area contributed by atoms with Crippen molar-refractivity contribution in [2.45, 2.75) is 28.3 Å². The summed E-state index contributed by atoms with van der Waals surface area (Å²) in [7, 11) is 2.14. The average Bonchev–Trinajstić information content (AvgIpc) is 2.69. The van der Waals surface area contributed by atoms with Gasteiger partial charge in [-0.15, -0.1) is 0 Å². The summed E-state index contributed by atoms with van der Waals surface area (Å²) < 4.78 is 50.2. The van der Waals surface area contributed by atoms with E-state index in [4.69, 9.17) is 0 Å². The first-order chi connectivity index (χ1) is 13.9. The maximum Gasteiger partial charge on any atom is 0.416 e. The van der Waals surface area contributed by atoms with Crippen molar-refractivity contribution in [3.63, 3.8) is 0 Å². The zero-order valence-corrected chi connectivity index (χ0v) is 17.8. The Morgan fingerprint density at radius 2 is 1.41 bits per heavy atom. The molecule has 0 aliphatic rings. The Labute approximate surface area is 179 Å². The second-order valence-electron chi connectivity index (χ2n) is 6.40. The Kier molecular flexibility index (Phi) is 7.86. The third-order valence-corrected chi connectivity index (χ3v) is 7.67. The van der Waals surface area contributed by atoms with Crippen LogP contribution in [0, 0.1) is 0 Å². The van der Waals surface area contributed by atoms with Gasteiger partial charge in [-0.25, -0.2) is 0 Å². The fourth-order valence-corrected chi connectivity index (χ4v) is 6.02. The van der Waals surface area contributed by atoms with Gasteiger partial charge in [0, 0.05) is 33.0 Å². The zero-order chi connectivity index (χ0) is 20.7. The maximum absolute atomic E-state index is 12.6. The van der Waals surface area contributed by atoms with E-state index in [-0.39, 0.29) is 0 Å². The molecule has 0 aliphatic carbocycles. The van der Waals surface area contributed by atoms with Crippen molar-refractivity contribution in [3.8, 4) is 0 Å². The van der Waals surface area contributed by atoms with Crippen LogP contribution in [0.4, 0.5) is 13.2 Å². The molecule has 0 fully saturated rings. The molecule has 0 bridgehead atoms. The maximum atomic E-state index is 12.6. The van der Waals surface area contributed by atoms with Crippen molar-refractivity contribution in [1.82, 2.24) is 0 Å². The van der Waals surface area contributed by atoms with Gasteiger partial charge in [0.1, 0.15) is 0 Å². The Morgan fingerprint density at radius 3 is 2.10 bits per heavy atom. The number of benzene rings is 3. The van der Waals surface area contributed by atoms with Crippen LogP contribution in [0.2, 0.25) is 0 Å². The molecule has 1 unspecified atom stereocenters.